The van der Waals surface area contributed by atoms with Crippen molar-refractivity contribution in [1.29, 1.82) is 0 Å². The summed E-state index contributed by atoms with van der Waals surface area (Å²) >= 11 is 0. The Hall–Kier alpha value is -3.75. The fourth-order valence-corrected chi connectivity index (χ4v) is 3.75. The fourth-order valence-electron chi connectivity index (χ4n) is 3.75. The molecule has 0 bridgehead atoms. The molecule has 4 rings (SSSR count). The molecule has 1 fully saturated rings. The maximum absolute atomic E-state index is 12.9. The second-order valence-corrected chi connectivity index (χ2v) is 7.79. The van der Waals surface area contributed by atoms with Gasteiger partial charge in [-0.25, -0.2) is 0 Å². The van der Waals surface area contributed by atoms with Crippen LogP contribution in [0, 0.1) is 0 Å². The number of rotatable bonds is 5. The molecule has 0 spiro atoms. The van der Waals surface area contributed by atoms with Crippen LogP contribution in [0.5, 0.6) is 34.5 Å². The average Bonchev–Trinajstić information content (AvgIpc) is 2.81. The van der Waals surface area contributed by atoms with E-state index in [2.05, 4.69) is 0 Å². The SMILES string of the molecule is COc1c(-c2cc(O)c(O)c(O[C@@H]3O[C@H](CO)[C@@H](O)[C@H](O)[C@H]3O)c2)oc2cc(O)cc(O)c2c1=O. The van der Waals surface area contributed by atoms with Gasteiger partial charge in [-0.15, -0.1) is 0 Å². The summed E-state index contributed by atoms with van der Waals surface area (Å²) in [7, 11) is 1.16. The Balaban J connectivity index is 1.82. The van der Waals surface area contributed by atoms with E-state index in [1.54, 1.807) is 0 Å². The third-order valence-corrected chi connectivity index (χ3v) is 5.53. The van der Waals surface area contributed by atoms with Crippen LogP contribution in [-0.2, 0) is 4.74 Å². The summed E-state index contributed by atoms with van der Waals surface area (Å²) in [5, 5.41) is 79.5. The zero-order chi connectivity index (χ0) is 25.6. The van der Waals surface area contributed by atoms with Crippen molar-refractivity contribution in [1.82, 2.24) is 0 Å². The van der Waals surface area contributed by atoms with Gasteiger partial charge < -0.3 is 59.5 Å². The van der Waals surface area contributed by atoms with Crippen LogP contribution >= 0.6 is 0 Å². The number of aromatic hydroxyl groups is 4. The number of hydrogen-bond donors (Lipinski definition) is 8. The van der Waals surface area contributed by atoms with E-state index in [0.717, 1.165) is 31.4 Å². The first-order valence-electron chi connectivity index (χ1n) is 10.2. The molecule has 1 saturated heterocycles. The van der Waals surface area contributed by atoms with Crippen LogP contribution in [0.4, 0.5) is 0 Å². The van der Waals surface area contributed by atoms with Crippen LogP contribution < -0.4 is 14.9 Å². The average molecular weight is 494 g/mol. The van der Waals surface area contributed by atoms with Crippen LogP contribution in [0.1, 0.15) is 0 Å². The molecule has 0 amide bonds. The predicted octanol–water partition coefficient (Wildman–Crippen LogP) is -0.530. The van der Waals surface area contributed by atoms with Gasteiger partial charge in [0.1, 0.15) is 46.9 Å². The van der Waals surface area contributed by atoms with E-state index in [4.69, 9.17) is 18.6 Å². The van der Waals surface area contributed by atoms with Crippen molar-refractivity contribution in [3.05, 3.63) is 34.5 Å². The molecule has 0 saturated carbocycles. The summed E-state index contributed by atoms with van der Waals surface area (Å²) < 4.78 is 21.5. The van der Waals surface area contributed by atoms with Gasteiger partial charge in [-0.05, 0) is 12.1 Å². The van der Waals surface area contributed by atoms with Crippen LogP contribution in [0.25, 0.3) is 22.3 Å². The zero-order valence-corrected chi connectivity index (χ0v) is 18.0. The number of phenols is 4. The molecule has 5 atom stereocenters. The van der Waals surface area contributed by atoms with E-state index in [9.17, 15) is 45.6 Å². The summed E-state index contributed by atoms with van der Waals surface area (Å²) in [6, 6.07) is 4.11. The Bertz CT molecular complexity index is 1320. The Morgan fingerprint density at radius 3 is 2.31 bits per heavy atom. The molecule has 13 nitrogen and oxygen atoms in total. The maximum atomic E-state index is 12.9. The molecule has 1 aliphatic heterocycles. The van der Waals surface area contributed by atoms with Gasteiger partial charge >= 0.3 is 0 Å². The number of aliphatic hydroxyl groups excluding tert-OH is 4. The molecule has 3 aromatic rings. The Labute approximate surface area is 195 Å². The molecule has 2 heterocycles. The highest BCUT2D eigenvalue weighted by Gasteiger charge is 2.45. The summed E-state index contributed by atoms with van der Waals surface area (Å²) in [6.07, 6.45) is -8.20. The number of ether oxygens (including phenoxy) is 3. The monoisotopic (exact) mass is 494 g/mol. The van der Waals surface area contributed by atoms with Crippen molar-refractivity contribution in [2.24, 2.45) is 0 Å². The van der Waals surface area contributed by atoms with E-state index >= 15 is 0 Å². The summed E-state index contributed by atoms with van der Waals surface area (Å²) in [6.45, 7) is -0.721. The first kappa shape index (κ1) is 24.4. The molecule has 188 valence electrons. The highest BCUT2D eigenvalue weighted by Crippen LogP contribution is 2.44. The highest BCUT2D eigenvalue weighted by molar-refractivity contribution is 5.88. The van der Waals surface area contributed by atoms with Gasteiger partial charge in [0.2, 0.25) is 23.2 Å². The molecular weight excluding hydrogens is 472 g/mol. The lowest BCUT2D eigenvalue weighted by Gasteiger charge is -2.39. The largest absolute Gasteiger partial charge is 0.508 e. The number of phenolic OH excluding ortho intramolecular Hbond substituents is 4. The second kappa shape index (κ2) is 9.13. The number of hydrogen-bond acceptors (Lipinski definition) is 13. The minimum Gasteiger partial charge on any atom is -0.508 e. The molecule has 0 aliphatic carbocycles. The summed E-state index contributed by atoms with van der Waals surface area (Å²) in [4.78, 5) is 12.9. The number of benzene rings is 2. The summed E-state index contributed by atoms with van der Waals surface area (Å²) in [5.74, 6) is -3.65. The molecule has 0 radical (unpaired) electrons. The van der Waals surface area contributed by atoms with Gasteiger partial charge in [-0.1, -0.05) is 0 Å². The van der Waals surface area contributed by atoms with Crippen molar-refractivity contribution in [3.8, 4) is 45.8 Å². The van der Waals surface area contributed by atoms with Crippen LogP contribution in [0.3, 0.4) is 0 Å². The Kier molecular flexibility index (Phi) is 6.36. The van der Waals surface area contributed by atoms with Crippen molar-refractivity contribution in [2.45, 2.75) is 30.7 Å². The van der Waals surface area contributed by atoms with E-state index in [1.165, 1.54) is 0 Å². The molecule has 1 aliphatic rings. The third kappa shape index (κ3) is 4.15. The normalized spacial score (nSPS) is 24.4. The van der Waals surface area contributed by atoms with Gasteiger partial charge in [0.25, 0.3) is 0 Å². The summed E-state index contributed by atoms with van der Waals surface area (Å²) in [5.41, 5.74) is -1.09. The van der Waals surface area contributed by atoms with Crippen LogP contribution in [0.2, 0.25) is 0 Å². The van der Waals surface area contributed by atoms with Gasteiger partial charge in [0.05, 0.1) is 13.7 Å². The van der Waals surface area contributed by atoms with Gasteiger partial charge in [-0.3, -0.25) is 4.79 Å². The van der Waals surface area contributed by atoms with E-state index in [-0.39, 0.29) is 28.0 Å². The fraction of sp³-hybridized carbons (Fsp3) is 0.318. The molecule has 0 unspecified atom stereocenters. The lowest BCUT2D eigenvalue weighted by atomic mass is 9.99. The molecule has 8 N–H and O–H groups in total. The predicted molar refractivity (Wildman–Crippen MR) is 116 cm³/mol. The maximum Gasteiger partial charge on any atom is 0.239 e. The standard InChI is InChI=1S/C22H22O13/c1-32-21-17(29)14-9(25)4-8(24)5-11(14)33-20(21)7-2-10(26)15(27)12(3-7)34-22-19(31)18(30)16(28)13(6-23)35-22/h2-5,13,16,18-19,22-28,30-31H,6H2,1H3/t13-,16-,18+,19-,22-/m1/s1. The first-order chi connectivity index (χ1) is 16.6. The van der Waals surface area contributed by atoms with Gasteiger partial charge in [-0.2, -0.15) is 0 Å². The molecule has 35 heavy (non-hydrogen) atoms. The smallest absolute Gasteiger partial charge is 0.239 e. The third-order valence-electron chi connectivity index (χ3n) is 5.53. The van der Waals surface area contributed by atoms with E-state index in [0.29, 0.717) is 0 Å². The number of aliphatic hydroxyl groups is 4. The molecule has 1 aromatic heterocycles. The van der Waals surface area contributed by atoms with Crippen molar-refractivity contribution >= 4 is 11.0 Å². The lowest BCUT2D eigenvalue weighted by Crippen LogP contribution is -2.60. The van der Waals surface area contributed by atoms with Crippen LogP contribution in [0.15, 0.2) is 33.5 Å². The van der Waals surface area contributed by atoms with E-state index < -0.39 is 71.5 Å². The van der Waals surface area contributed by atoms with Crippen molar-refractivity contribution in [2.75, 3.05) is 13.7 Å². The Morgan fingerprint density at radius 2 is 1.66 bits per heavy atom. The number of fused-ring (bicyclic) bond motifs is 1. The molecule has 2 aromatic carbocycles. The van der Waals surface area contributed by atoms with E-state index in [1.807, 2.05) is 0 Å². The lowest BCUT2D eigenvalue weighted by molar-refractivity contribution is -0.277. The topological polar surface area (TPSA) is 220 Å². The van der Waals surface area contributed by atoms with Gasteiger partial charge in [0.15, 0.2) is 17.3 Å². The quantitative estimate of drug-likeness (QED) is 0.209. The second-order valence-electron chi connectivity index (χ2n) is 7.79. The highest BCUT2D eigenvalue weighted by atomic mass is 16.7. The minimum absolute atomic E-state index is 0.0708. The van der Waals surface area contributed by atoms with Gasteiger partial charge in [0, 0.05) is 17.7 Å². The number of methoxy groups -OCH3 is 1. The Morgan fingerprint density at radius 1 is 0.943 bits per heavy atom. The first-order valence-corrected chi connectivity index (χ1v) is 10.2. The van der Waals surface area contributed by atoms with Crippen molar-refractivity contribution in [3.63, 3.8) is 0 Å². The minimum atomic E-state index is -1.81. The molecular formula is C22H22O13. The molecule has 13 heteroatoms. The zero-order valence-electron chi connectivity index (χ0n) is 18.0. The van der Waals surface area contributed by atoms with Crippen molar-refractivity contribution < 1.29 is 59.5 Å². The van der Waals surface area contributed by atoms with Crippen LogP contribution in [-0.4, -0.2) is 85.3 Å².